The predicted molar refractivity (Wildman–Crippen MR) is 108 cm³/mol. The first-order valence-electron chi connectivity index (χ1n) is 9.30. The minimum absolute atomic E-state index is 0.151. The molecule has 2 aromatic carbocycles. The van der Waals surface area contributed by atoms with Gasteiger partial charge in [-0.05, 0) is 43.9 Å². The van der Waals surface area contributed by atoms with Crippen LogP contribution in [0.2, 0.25) is 0 Å². The van der Waals surface area contributed by atoms with E-state index >= 15 is 0 Å². The van der Waals surface area contributed by atoms with E-state index in [0.29, 0.717) is 0 Å². The molecule has 148 valence electrons. The highest BCUT2D eigenvalue weighted by molar-refractivity contribution is 7.89. The molecule has 0 aromatic heterocycles. The highest BCUT2D eigenvalue weighted by atomic mass is 32.2. The van der Waals surface area contributed by atoms with Gasteiger partial charge in [0.2, 0.25) is 10.0 Å². The first-order valence-corrected chi connectivity index (χ1v) is 10.7. The number of methoxy groups -OCH3 is 1. The van der Waals surface area contributed by atoms with E-state index in [1.165, 1.54) is 17.0 Å². The number of hydrogen-bond acceptors (Lipinski definition) is 4. The molecule has 0 radical (unpaired) electrons. The second kappa shape index (κ2) is 8.71. The number of rotatable bonds is 8. The fourth-order valence-electron chi connectivity index (χ4n) is 3.01. The number of sulfonamides is 1. The quantitative estimate of drug-likeness (QED) is 0.504. The molecule has 6 heteroatoms. The Balaban J connectivity index is 2.00. The fraction of sp³-hybridized carbons (Fsp3) is 0.318. The molecule has 0 spiro atoms. The van der Waals surface area contributed by atoms with Crippen molar-refractivity contribution in [3.05, 3.63) is 77.4 Å². The summed E-state index contributed by atoms with van der Waals surface area (Å²) in [7, 11) is -2.58. The lowest BCUT2D eigenvalue weighted by atomic mass is 10.1. The van der Waals surface area contributed by atoms with E-state index < -0.39 is 22.0 Å². The molecular weight excluding hydrogens is 374 g/mol. The number of carbonyl (C=O) groups excluding carboxylic acids is 1. The zero-order valence-corrected chi connectivity index (χ0v) is 17.0. The van der Waals surface area contributed by atoms with Crippen LogP contribution in [0.25, 0.3) is 0 Å². The van der Waals surface area contributed by atoms with Crippen molar-refractivity contribution in [2.75, 3.05) is 13.7 Å². The van der Waals surface area contributed by atoms with Crippen LogP contribution < -0.4 is 0 Å². The molecule has 1 atom stereocenters. The van der Waals surface area contributed by atoms with Gasteiger partial charge < -0.3 is 4.74 Å². The van der Waals surface area contributed by atoms with E-state index in [4.69, 9.17) is 4.74 Å². The zero-order chi connectivity index (χ0) is 20.1. The van der Waals surface area contributed by atoms with E-state index in [9.17, 15) is 13.2 Å². The summed E-state index contributed by atoms with van der Waals surface area (Å²) < 4.78 is 33.1. The molecule has 0 N–H and O–H groups in total. The summed E-state index contributed by atoms with van der Waals surface area (Å²) in [6, 6.07) is 15.1. The average molecular weight is 400 g/mol. The second-order valence-corrected chi connectivity index (χ2v) is 8.87. The molecule has 1 saturated carbocycles. The number of aryl methyl sites for hydroxylation is 1. The molecule has 3 rings (SSSR count). The minimum atomic E-state index is -3.87. The third-order valence-corrected chi connectivity index (χ3v) is 6.71. The van der Waals surface area contributed by atoms with Crippen molar-refractivity contribution in [2.24, 2.45) is 0 Å². The third-order valence-electron chi connectivity index (χ3n) is 4.82. The molecule has 0 saturated heterocycles. The van der Waals surface area contributed by atoms with Crippen molar-refractivity contribution in [1.82, 2.24) is 4.31 Å². The Morgan fingerprint density at radius 1 is 1.11 bits per heavy atom. The van der Waals surface area contributed by atoms with Crippen molar-refractivity contribution in [2.45, 2.75) is 37.1 Å². The van der Waals surface area contributed by atoms with E-state index in [1.807, 2.05) is 43.3 Å². The highest BCUT2D eigenvalue weighted by Crippen LogP contribution is 2.29. The number of ether oxygens (including phenoxy) is 1. The molecule has 1 aliphatic rings. The Kier molecular flexibility index (Phi) is 6.31. The van der Waals surface area contributed by atoms with Crippen LogP contribution in [0.1, 0.15) is 24.0 Å². The average Bonchev–Trinajstić information content (AvgIpc) is 3.52. The van der Waals surface area contributed by atoms with Crippen molar-refractivity contribution in [3.63, 3.8) is 0 Å². The third kappa shape index (κ3) is 4.88. The Hall–Kier alpha value is -2.44. The molecule has 0 bridgehead atoms. The van der Waals surface area contributed by atoms with Gasteiger partial charge in [-0.15, -0.1) is 0 Å². The topological polar surface area (TPSA) is 63.7 Å². The Morgan fingerprint density at radius 3 is 2.32 bits per heavy atom. The first kappa shape index (κ1) is 20.3. The normalized spacial score (nSPS) is 14.6. The molecule has 0 unspecified atom stereocenters. The minimum Gasteiger partial charge on any atom is -0.468 e. The Bertz CT molecular complexity index is 944. The van der Waals surface area contributed by atoms with Gasteiger partial charge in [0, 0.05) is 6.54 Å². The van der Waals surface area contributed by atoms with Gasteiger partial charge in [0.05, 0.1) is 12.0 Å². The van der Waals surface area contributed by atoms with Crippen LogP contribution in [0, 0.1) is 6.92 Å². The summed E-state index contributed by atoms with van der Waals surface area (Å²) >= 11 is 0. The number of allylic oxidation sites excluding steroid dienone is 1. The summed E-state index contributed by atoms with van der Waals surface area (Å²) in [4.78, 5) is 12.8. The van der Waals surface area contributed by atoms with Crippen molar-refractivity contribution in [1.29, 1.82) is 0 Å². The van der Waals surface area contributed by atoms with Gasteiger partial charge in [-0.3, -0.25) is 4.79 Å². The van der Waals surface area contributed by atoms with Gasteiger partial charge in [0.15, 0.2) is 0 Å². The van der Waals surface area contributed by atoms with E-state index in [2.05, 4.69) is 0 Å². The van der Waals surface area contributed by atoms with Crippen molar-refractivity contribution in [3.8, 4) is 0 Å². The lowest BCUT2D eigenvalue weighted by molar-refractivity contribution is -0.145. The van der Waals surface area contributed by atoms with Crippen LogP contribution in [-0.2, 0) is 26.0 Å². The molecule has 5 nitrogen and oxygen atoms in total. The molecule has 28 heavy (non-hydrogen) atoms. The van der Waals surface area contributed by atoms with Crippen LogP contribution in [0.5, 0.6) is 0 Å². The molecule has 0 heterocycles. The monoisotopic (exact) mass is 399 g/mol. The van der Waals surface area contributed by atoms with Gasteiger partial charge >= 0.3 is 5.97 Å². The fourth-order valence-corrected chi connectivity index (χ4v) is 4.53. The predicted octanol–water partition coefficient (Wildman–Crippen LogP) is 3.49. The van der Waals surface area contributed by atoms with E-state index in [0.717, 1.165) is 24.0 Å². The summed E-state index contributed by atoms with van der Waals surface area (Å²) in [5.74, 6) is -0.561. The first-order chi connectivity index (χ1) is 13.4. The molecule has 1 aliphatic carbocycles. The standard InChI is InChI=1S/C22H25NO4S/c1-17-8-12-20(13-9-17)28(25,26)23(15-14-18-10-11-18)21(22(24)27-2)16-19-6-4-3-5-7-19/h3-9,12-14,21H,10-11,15-16H2,1-2H3/t21-/m0/s1. The maximum Gasteiger partial charge on any atom is 0.324 e. The van der Waals surface area contributed by atoms with Gasteiger partial charge in [-0.25, -0.2) is 8.42 Å². The Morgan fingerprint density at radius 2 is 1.75 bits per heavy atom. The molecule has 0 aliphatic heterocycles. The van der Waals surface area contributed by atoms with E-state index in [-0.39, 0.29) is 17.9 Å². The molecule has 2 aromatic rings. The largest absolute Gasteiger partial charge is 0.468 e. The number of esters is 1. The van der Waals surface area contributed by atoms with Gasteiger partial charge in [-0.1, -0.05) is 59.7 Å². The van der Waals surface area contributed by atoms with Crippen LogP contribution >= 0.6 is 0 Å². The van der Waals surface area contributed by atoms with Gasteiger partial charge in [0.1, 0.15) is 6.04 Å². The molecule has 1 fully saturated rings. The van der Waals surface area contributed by atoms with Crippen LogP contribution in [0.3, 0.4) is 0 Å². The Labute approximate surface area is 166 Å². The summed E-state index contributed by atoms with van der Waals surface area (Å²) in [6.45, 7) is 2.05. The van der Waals surface area contributed by atoms with Gasteiger partial charge in [-0.2, -0.15) is 4.31 Å². The SMILES string of the molecule is COC(=O)[C@H](Cc1ccccc1)N(CC=C1CC1)S(=O)(=O)c1ccc(C)cc1. The van der Waals surface area contributed by atoms with Crippen molar-refractivity contribution >= 4 is 16.0 Å². The van der Waals surface area contributed by atoms with Crippen LogP contribution in [-0.4, -0.2) is 38.4 Å². The lowest BCUT2D eigenvalue weighted by Gasteiger charge is -2.28. The summed E-state index contributed by atoms with van der Waals surface area (Å²) in [5.41, 5.74) is 3.06. The summed E-state index contributed by atoms with van der Waals surface area (Å²) in [6.07, 6.45) is 4.13. The lowest BCUT2D eigenvalue weighted by Crippen LogP contribution is -2.47. The van der Waals surface area contributed by atoms with Crippen LogP contribution in [0.4, 0.5) is 0 Å². The maximum atomic E-state index is 13.4. The zero-order valence-electron chi connectivity index (χ0n) is 16.2. The maximum absolute atomic E-state index is 13.4. The van der Waals surface area contributed by atoms with E-state index in [1.54, 1.807) is 24.3 Å². The smallest absolute Gasteiger partial charge is 0.324 e. The molecule has 0 amide bonds. The highest BCUT2D eigenvalue weighted by Gasteiger charge is 2.36. The second-order valence-electron chi connectivity index (χ2n) is 6.98. The molecular formula is C22H25NO4S. The number of hydrogen-bond donors (Lipinski definition) is 0. The number of nitrogens with zero attached hydrogens (tertiary/aromatic N) is 1. The van der Waals surface area contributed by atoms with Crippen LogP contribution in [0.15, 0.2) is 71.1 Å². The van der Waals surface area contributed by atoms with Crippen molar-refractivity contribution < 1.29 is 17.9 Å². The number of carbonyl (C=O) groups is 1. The summed E-state index contributed by atoms with van der Waals surface area (Å²) in [5, 5.41) is 0. The number of benzene rings is 2. The van der Waals surface area contributed by atoms with Gasteiger partial charge in [0.25, 0.3) is 0 Å².